The third kappa shape index (κ3) is 3.65. The smallest absolute Gasteiger partial charge is 0.228 e. The van der Waals surface area contributed by atoms with Gasteiger partial charge in [-0.1, -0.05) is 37.8 Å². The molecule has 2 fully saturated rings. The molecule has 0 saturated heterocycles. The second kappa shape index (κ2) is 6.47. The van der Waals surface area contributed by atoms with Gasteiger partial charge < -0.3 is 10.3 Å². The zero-order valence-electron chi connectivity index (χ0n) is 13.3. The zero-order chi connectivity index (χ0) is 14.7. The van der Waals surface area contributed by atoms with Gasteiger partial charge in [-0.3, -0.25) is 0 Å². The summed E-state index contributed by atoms with van der Waals surface area (Å²) in [6.45, 7) is 2.28. The van der Waals surface area contributed by atoms with Crippen LogP contribution >= 0.6 is 0 Å². The Morgan fingerprint density at radius 3 is 2.57 bits per heavy atom. The molecule has 2 aliphatic carbocycles. The van der Waals surface area contributed by atoms with E-state index in [-0.39, 0.29) is 5.54 Å². The molecule has 0 bridgehead atoms. The van der Waals surface area contributed by atoms with Crippen molar-refractivity contribution in [3.05, 3.63) is 11.7 Å². The second-order valence-corrected chi connectivity index (χ2v) is 7.30. The van der Waals surface area contributed by atoms with Crippen molar-refractivity contribution in [1.29, 1.82) is 0 Å². The van der Waals surface area contributed by atoms with E-state index in [1.54, 1.807) is 0 Å². The maximum absolute atomic E-state index is 6.40. The van der Waals surface area contributed by atoms with Gasteiger partial charge in [0.15, 0.2) is 5.82 Å². The molecule has 0 aromatic carbocycles. The first kappa shape index (κ1) is 15.0. The molecule has 118 valence electrons. The Hall–Kier alpha value is -0.900. The van der Waals surface area contributed by atoms with Crippen molar-refractivity contribution in [3.8, 4) is 0 Å². The minimum Gasteiger partial charge on any atom is -0.339 e. The number of hydrogen-bond acceptors (Lipinski definition) is 4. The van der Waals surface area contributed by atoms with Gasteiger partial charge in [-0.2, -0.15) is 4.98 Å². The lowest BCUT2D eigenvalue weighted by Crippen LogP contribution is -2.38. The largest absolute Gasteiger partial charge is 0.339 e. The second-order valence-electron chi connectivity index (χ2n) is 7.30. The van der Waals surface area contributed by atoms with Gasteiger partial charge in [0.05, 0.1) is 0 Å². The molecule has 0 spiro atoms. The summed E-state index contributed by atoms with van der Waals surface area (Å²) < 4.78 is 5.48. The maximum atomic E-state index is 6.40. The fourth-order valence-corrected chi connectivity index (χ4v) is 4.18. The number of nitrogens with two attached hydrogens (primary N) is 1. The van der Waals surface area contributed by atoms with Crippen molar-refractivity contribution in [2.75, 3.05) is 0 Å². The summed E-state index contributed by atoms with van der Waals surface area (Å²) in [6.07, 6.45) is 13.2. The van der Waals surface area contributed by atoms with Crippen molar-refractivity contribution in [2.45, 2.75) is 89.0 Å². The van der Waals surface area contributed by atoms with Crippen LogP contribution in [0.25, 0.3) is 0 Å². The number of nitrogens with zero attached hydrogens (tertiary/aromatic N) is 2. The number of hydrogen-bond donors (Lipinski definition) is 1. The van der Waals surface area contributed by atoms with Crippen LogP contribution in [0.1, 0.15) is 88.8 Å². The summed E-state index contributed by atoms with van der Waals surface area (Å²) in [5, 5.41) is 4.24. The summed E-state index contributed by atoms with van der Waals surface area (Å²) in [7, 11) is 0. The van der Waals surface area contributed by atoms with E-state index >= 15 is 0 Å². The molecule has 0 radical (unpaired) electrons. The molecule has 2 saturated carbocycles. The van der Waals surface area contributed by atoms with E-state index in [2.05, 4.69) is 17.1 Å². The SMILES string of the molecule is CCCC1CCC(c2noc(CC3(N)CCCC3)n2)CC1. The van der Waals surface area contributed by atoms with E-state index in [9.17, 15) is 0 Å². The first-order valence-corrected chi connectivity index (χ1v) is 8.80. The van der Waals surface area contributed by atoms with E-state index in [0.717, 1.165) is 36.9 Å². The molecule has 0 unspecified atom stereocenters. The normalized spacial score (nSPS) is 28.9. The van der Waals surface area contributed by atoms with Crippen molar-refractivity contribution in [3.63, 3.8) is 0 Å². The van der Waals surface area contributed by atoms with Crippen LogP contribution < -0.4 is 5.73 Å². The van der Waals surface area contributed by atoms with Gasteiger partial charge in [0.25, 0.3) is 0 Å². The predicted molar refractivity (Wildman–Crippen MR) is 83.0 cm³/mol. The lowest BCUT2D eigenvalue weighted by Gasteiger charge is -2.26. The van der Waals surface area contributed by atoms with E-state index in [0.29, 0.717) is 5.92 Å². The van der Waals surface area contributed by atoms with Crippen LogP contribution in [0, 0.1) is 5.92 Å². The molecule has 4 heteroatoms. The lowest BCUT2D eigenvalue weighted by molar-refractivity contribution is 0.292. The molecule has 1 aromatic rings. The molecule has 0 aliphatic heterocycles. The van der Waals surface area contributed by atoms with Crippen molar-refractivity contribution < 1.29 is 4.52 Å². The zero-order valence-corrected chi connectivity index (χ0v) is 13.3. The molecule has 0 atom stereocenters. The molecule has 1 heterocycles. The molecule has 2 aliphatic rings. The summed E-state index contributed by atoms with van der Waals surface area (Å²) >= 11 is 0. The topological polar surface area (TPSA) is 64.9 Å². The Morgan fingerprint density at radius 2 is 1.90 bits per heavy atom. The highest BCUT2D eigenvalue weighted by Crippen LogP contribution is 2.37. The van der Waals surface area contributed by atoms with Crippen LogP contribution in [0.4, 0.5) is 0 Å². The van der Waals surface area contributed by atoms with Gasteiger partial charge >= 0.3 is 0 Å². The van der Waals surface area contributed by atoms with E-state index in [1.807, 2.05) is 0 Å². The standard InChI is InChI=1S/C17H29N3O/c1-2-5-13-6-8-14(9-7-13)16-19-15(21-20-16)12-17(18)10-3-4-11-17/h13-14H,2-12,18H2,1H3. The highest BCUT2D eigenvalue weighted by molar-refractivity contribution is 5.02. The first-order valence-electron chi connectivity index (χ1n) is 8.80. The van der Waals surface area contributed by atoms with Crippen LogP contribution in [0.15, 0.2) is 4.52 Å². The summed E-state index contributed by atoms with van der Waals surface area (Å²) in [5.74, 6) is 3.11. The van der Waals surface area contributed by atoms with E-state index in [1.165, 1.54) is 51.4 Å². The summed E-state index contributed by atoms with van der Waals surface area (Å²) in [5.41, 5.74) is 6.31. The molecule has 3 rings (SSSR count). The van der Waals surface area contributed by atoms with Crippen LogP contribution in [0.3, 0.4) is 0 Å². The average molecular weight is 291 g/mol. The van der Waals surface area contributed by atoms with Gasteiger partial charge in [-0.25, -0.2) is 0 Å². The molecule has 1 aromatic heterocycles. The van der Waals surface area contributed by atoms with Gasteiger partial charge in [-0.15, -0.1) is 0 Å². The highest BCUT2D eigenvalue weighted by atomic mass is 16.5. The van der Waals surface area contributed by atoms with Crippen molar-refractivity contribution in [1.82, 2.24) is 10.1 Å². The number of aromatic nitrogens is 2. The molecular formula is C17H29N3O. The lowest BCUT2D eigenvalue weighted by atomic mass is 9.80. The third-order valence-electron chi connectivity index (χ3n) is 5.50. The monoisotopic (exact) mass is 291 g/mol. The quantitative estimate of drug-likeness (QED) is 0.892. The predicted octanol–water partition coefficient (Wildman–Crippen LogP) is 3.96. The van der Waals surface area contributed by atoms with Crippen LogP contribution in [-0.4, -0.2) is 15.7 Å². The Kier molecular flexibility index (Phi) is 4.63. The Bertz CT molecular complexity index is 443. The van der Waals surface area contributed by atoms with Crippen LogP contribution in [0.5, 0.6) is 0 Å². The summed E-state index contributed by atoms with van der Waals surface area (Å²) in [6, 6.07) is 0. The van der Waals surface area contributed by atoms with Gasteiger partial charge in [0.2, 0.25) is 5.89 Å². The van der Waals surface area contributed by atoms with E-state index < -0.39 is 0 Å². The van der Waals surface area contributed by atoms with Gasteiger partial charge in [0, 0.05) is 17.9 Å². The minimum atomic E-state index is -0.0947. The average Bonchev–Trinajstić information content (AvgIpc) is 3.10. The van der Waals surface area contributed by atoms with Gasteiger partial charge in [-0.05, 0) is 44.4 Å². The van der Waals surface area contributed by atoms with Crippen molar-refractivity contribution in [2.24, 2.45) is 11.7 Å². The molecule has 2 N–H and O–H groups in total. The molecular weight excluding hydrogens is 262 g/mol. The molecule has 4 nitrogen and oxygen atoms in total. The highest BCUT2D eigenvalue weighted by Gasteiger charge is 2.32. The Labute approximate surface area is 127 Å². The van der Waals surface area contributed by atoms with Crippen LogP contribution in [-0.2, 0) is 6.42 Å². The minimum absolute atomic E-state index is 0.0947. The Balaban J connectivity index is 1.55. The summed E-state index contributed by atoms with van der Waals surface area (Å²) in [4.78, 5) is 4.66. The fourth-order valence-electron chi connectivity index (χ4n) is 4.18. The van der Waals surface area contributed by atoms with Gasteiger partial charge in [0.1, 0.15) is 0 Å². The third-order valence-corrected chi connectivity index (χ3v) is 5.50. The van der Waals surface area contributed by atoms with Crippen molar-refractivity contribution >= 4 is 0 Å². The van der Waals surface area contributed by atoms with E-state index in [4.69, 9.17) is 10.3 Å². The maximum Gasteiger partial charge on any atom is 0.228 e. The first-order chi connectivity index (χ1) is 10.2. The molecule has 0 amide bonds. The molecule has 21 heavy (non-hydrogen) atoms. The van der Waals surface area contributed by atoms with Crippen LogP contribution in [0.2, 0.25) is 0 Å². The number of rotatable bonds is 5. The fraction of sp³-hybridized carbons (Fsp3) is 0.882. The Morgan fingerprint density at radius 1 is 1.19 bits per heavy atom.